The van der Waals surface area contributed by atoms with Crippen LogP contribution in [0.25, 0.3) is 0 Å². The molecule has 0 aliphatic rings. The van der Waals surface area contributed by atoms with Crippen LogP contribution in [-0.2, 0) is 4.74 Å². The maximum absolute atomic E-state index is 11.4. The van der Waals surface area contributed by atoms with E-state index in [2.05, 4.69) is 16.6 Å². The fraction of sp³-hybridized carbons (Fsp3) is 0.769. The highest BCUT2D eigenvalue weighted by Crippen LogP contribution is 2.06. The number of hydrogen-bond acceptors (Lipinski definition) is 3. The van der Waals surface area contributed by atoms with Gasteiger partial charge < -0.3 is 15.4 Å². The highest BCUT2D eigenvalue weighted by molar-refractivity contribution is 5.67. The van der Waals surface area contributed by atoms with Crippen LogP contribution in [0.4, 0.5) is 4.79 Å². The van der Waals surface area contributed by atoms with Crippen LogP contribution in [0.1, 0.15) is 40.5 Å². The van der Waals surface area contributed by atoms with Crippen LogP contribution < -0.4 is 10.6 Å². The quantitative estimate of drug-likeness (QED) is 0.551. The Bertz CT molecular complexity index is 264. The molecule has 2 N–H and O–H groups in total. The highest BCUT2D eigenvalue weighted by atomic mass is 16.6. The van der Waals surface area contributed by atoms with Gasteiger partial charge in [-0.2, -0.15) is 0 Å². The minimum absolute atomic E-state index is 0.209. The van der Waals surface area contributed by atoms with E-state index >= 15 is 0 Å². The lowest BCUT2D eigenvalue weighted by molar-refractivity contribution is 0.0523. The normalized spacial score (nSPS) is 12.6. The van der Waals surface area contributed by atoms with Crippen molar-refractivity contribution < 1.29 is 9.53 Å². The van der Waals surface area contributed by atoms with Crippen molar-refractivity contribution in [1.82, 2.24) is 10.6 Å². The van der Waals surface area contributed by atoms with Crippen molar-refractivity contribution in [2.45, 2.75) is 52.2 Å². The number of alkyl carbamates (subject to hydrolysis) is 1. The molecule has 0 saturated heterocycles. The minimum atomic E-state index is -0.451. The first-order valence-corrected chi connectivity index (χ1v) is 5.99. The van der Waals surface area contributed by atoms with Crippen LogP contribution in [0, 0.1) is 12.3 Å². The second-order valence-corrected chi connectivity index (χ2v) is 5.05. The predicted octanol–water partition coefficient (Wildman–Crippen LogP) is 1.90. The first kappa shape index (κ1) is 15.8. The molecule has 0 rings (SSSR count). The second-order valence-electron chi connectivity index (χ2n) is 5.05. The van der Waals surface area contributed by atoms with Gasteiger partial charge in [0.2, 0.25) is 0 Å². The van der Waals surface area contributed by atoms with Gasteiger partial charge in [0.05, 0.1) is 0 Å². The molecule has 0 aliphatic carbocycles. The zero-order chi connectivity index (χ0) is 13.3. The van der Waals surface area contributed by atoms with E-state index in [9.17, 15) is 4.79 Å². The lowest BCUT2D eigenvalue weighted by atomic mass is 10.2. The Hall–Kier alpha value is -1.21. The number of hydrogen-bond donors (Lipinski definition) is 2. The largest absolute Gasteiger partial charge is 0.444 e. The van der Waals surface area contributed by atoms with E-state index in [0.29, 0.717) is 6.54 Å². The van der Waals surface area contributed by atoms with Crippen LogP contribution >= 0.6 is 0 Å². The Morgan fingerprint density at radius 1 is 1.47 bits per heavy atom. The number of amides is 1. The topological polar surface area (TPSA) is 50.4 Å². The molecule has 0 radical (unpaired) electrons. The molecule has 0 bridgehead atoms. The molecule has 0 aliphatic heterocycles. The molecular weight excluding hydrogens is 216 g/mol. The lowest BCUT2D eigenvalue weighted by Gasteiger charge is -2.21. The van der Waals surface area contributed by atoms with Gasteiger partial charge in [-0.25, -0.2) is 4.79 Å². The molecule has 0 aromatic heterocycles. The Kier molecular flexibility index (Phi) is 7.40. The SMILES string of the molecule is C#CCCCNC(C)CNC(=O)OC(C)(C)C. The third kappa shape index (κ3) is 11.1. The predicted molar refractivity (Wildman–Crippen MR) is 69.8 cm³/mol. The number of terminal acetylenes is 1. The molecule has 0 heterocycles. The number of ether oxygens (including phenoxy) is 1. The summed E-state index contributed by atoms with van der Waals surface area (Å²) in [5.41, 5.74) is -0.451. The van der Waals surface area contributed by atoms with Crippen molar-refractivity contribution in [1.29, 1.82) is 0 Å². The van der Waals surface area contributed by atoms with Crippen molar-refractivity contribution in [3.05, 3.63) is 0 Å². The Morgan fingerprint density at radius 2 is 2.12 bits per heavy atom. The van der Waals surface area contributed by atoms with Gasteiger partial charge in [-0.05, 0) is 40.7 Å². The molecule has 1 unspecified atom stereocenters. The van der Waals surface area contributed by atoms with Crippen LogP contribution in [-0.4, -0.2) is 30.8 Å². The zero-order valence-corrected chi connectivity index (χ0v) is 11.3. The number of carbonyl (C=O) groups is 1. The third-order valence-electron chi connectivity index (χ3n) is 1.94. The molecule has 4 nitrogen and oxygen atoms in total. The minimum Gasteiger partial charge on any atom is -0.444 e. The smallest absolute Gasteiger partial charge is 0.407 e. The number of carbonyl (C=O) groups excluding carboxylic acids is 1. The Balaban J connectivity index is 3.60. The maximum atomic E-state index is 11.4. The van der Waals surface area contributed by atoms with E-state index in [-0.39, 0.29) is 12.1 Å². The van der Waals surface area contributed by atoms with Crippen molar-refractivity contribution in [3.8, 4) is 12.3 Å². The number of unbranched alkanes of at least 4 members (excludes halogenated alkanes) is 1. The van der Waals surface area contributed by atoms with Gasteiger partial charge in [-0.3, -0.25) is 0 Å². The van der Waals surface area contributed by atoms with Crippen LogP contribution in [0.15, 0.2) is 0 Å². The average molecular weight is 240 g/mol. The summed E-state index contributed by atoms with van der Waals surface area (Å²) in [7, 11) is 0. The standard InChI is InChI=1S/C13H24N2O2/c1-6-7-8-9-14-11(2)10-15-12(16)17-13(3,4)5/h1,11,14H,7-10H2,2-5H3,(H,15,16). The van der Waals surface area contributed by atoms with Gasteiger partial charge in [0.1, 0.15) is 5.60 Å². The van der Waals surface area contributed by atoms with Gasteiger partial charge in [-0.1, -0.05) is 0 Å². The number of rotatable bonds is 6. The van der Waals surface area contributed by atoms with E-state index in [1.54, 1.807) is 0 Å². The highest BCUT2D eigenvalue weighted by Gasteiger charge is 2.16. The molecule has 98 valence electrons. The third-order valence-corrected chi connectivity index (χ3v) is 1.94. The Labute approximate surface area is 104 Å². The van der Waals surface area contributed by atoms with Crippen LogP contribution in [0.3, 0.4) is 0 Å². The molecule has 0 saturated carbocycles. The second kappa shape index (κ2) is 7.97. The molecule has 0 aromatic carbocycles. The molecular formula is C13H24N2O2. The first-order valence-electron chi connectivity index (χ1n) is 5.99. The number of nitrogens with one attached hydrogen (secondary N) is 2. The van der Waals surface area contributed by atoms with Crippen molar-refractivity contribution >= 4 is 6.09 Å². The maximum Gasteiger partial charge on any atom is 0.407 e. The molecule has 4 heteroatoms. The summed E-state index contributed by atoms with van der Waals surface area (Å²) in [5.74, 6) is 2.59. The molecule has 0 aromatic rings. The molecule has 0 fully saturated rings. The summed E-state index contributed by atoms with van der Waals surface area (Å²) in [5, 5.41) is 5.99. The van der Waals surface area contributed by atoms with Crippen molar-refractivity contribution in [2.24, 2.45) is 0 Å². The van der Waals surface area contributed by atoms with Crippen molar-refractivity contribution in [2.75, 3.05) is 13.1 Å². The van der Waals surface area contributed by atoms with E-state index in [0.717, 1.165) is 19.4 Å². The van der Waals surface area contributed by atoms with Gasteiger partial charge in [0.25, 0.3) is 0 Å². The fourth-order valence-corrected chi connectivity index (χ4v) is 1.16. The van der Waals surface area contributed by atoms with Gasteiger partial charge in [0.15, 0.2) is 0 Å². The monoisotopic (exact) mass is 240 g/mol. The summed E-state index contributed by atoms with van der Waals surface area (Å²) < 4.78 is 5.13. The summed E-state index contributed by atoms with van der Waals surface area (Å²) >= 11 is 0. The molecule has 0 spiro atoms. The van der Waals surface area contributed by atoms with Gasteiger partial charge in [-0.15, -0.1) is 12.3 Å². The van der Waals surface area contributed by atoms with Gasteiger partial charge in [0, 0.05) is 19.0 Å². The van der Waals surface area contributed by atoms with Crippen LogP contribution in [0.5, 0.6) is 0 Å². The summed E-state index contributed by atoms with van der Waals surface area (Å²) in [6, 6.07) is 0.209. The summed E-state index contributed by atoms with van der Waals surface area (Å²) in [6.07, 6.45) is 6.50. The first-order chi connectivity index (χ1) is 7.85. The van der Waals surface area contributed by atoms with Gasteiger partial charge >= 0.3 is 6.09 Å². The lowest BCUT2D eigenvalue weighted by Crippen LogP contribution is -2.41. The molecule has 1 atom stereocenters. The van der Waals surface area contributed by atoms with E-state index in [1.165, 1.54) is 0 Å². The van der Waals surface area contributed by atoms with E-state index in [1.807, 2.05) is 27.7 Å². The van der Waals surface area contributed by atoms with Crippen molar-refractivity contribution in [3.63, 3.8) is 0 Å². The molecule has 17 heavy (non-hydrogen) atoms. The molecule has 1 amide bonds. The Morgan fingerprint density at radius 3 is 2.65 bits per heavy atom. The summed E-state index contributed by atoms with van der Waals surface area (Å²) in [4.78, 5) is 11.4. The average Bonchev–Trinajstić information content (AvgIpc) is 2.19. The van der Waals surface area contributed by atoms with E-state index in [4.69, 9.17) is 11.2 Å². The summed E-state index contributed by atoms with van der Waals surface area (Å²) in [6.45, 7) is 8.94. The zero-order valence-electron chi connectivity index (χ0n) is 11.3. The van der Waals surface area contributed by atoms with Crippen LogP contribution in [0.2, 0.25) is 0 Å². The van der Waals surface area contributed by atoms with E-state index < -0.39 is 5.60 Å². The fourth-order valence-electron chi connectivity index (χ4n) is 1.16.